The summed E-state index contributed by atoms with van der Waals surface area (Å²) in [6, 6.07) is 7.23. The number of Topliss-reactive ketones (excluding diaryl/α,β-unsaturated/α-hetero) is 1. The average molecular weight is 217 g/mol. The van der Waals surface area contributed by atoms with Gasteiger partial charge in [0.25, 0.3) is 0 Å². The van der Waals surface area contributed by atoms with Crippen LogP contribution in [0.3, 0.4) is 0 Å². The second-order valence-corrected chi connectivity index (χ2v) is 4.29. The number of aryl methyl sites for hydroxylation is 1. The lowest BCUT2D eigenvalue weighted by Gasteiger charge is -2.18. The van der Waals surface area contributed by atoms with E-state index in [0.717, 1.165) is 5.56 Å². The highest BCUT2D eigenvalue weighted by molar-refractivity contribution is 6.03. The van der Waals surface area contributed by atoms with E-state index in [-0.39, 0.29) is 17.7 Å². The average Bonchev–Trinajstić information content (AvgIpc) is 2.60. The number of carbonyl (C=O) groups is 2. The zero-order valence-electron chi connectivity index (χ0n) is 9.56. The van der Waals surface area contributed by atoms with Gasteiger partial charge >= 0.3 is 0 Å². The Morgan fingerprint density at radius 3 is 2.44 bits per heavy atom. The first-order chi connectivity index (χ1) is 7.59. The lowest BCUT2D eigenvalue weighted by Crippen LogP contribution is -2.35. The topological polar surface area (TPSA) is 37.4 Å². The zero-order valence-corrected chi connectivity index (χ0v) is 9.56. The minimum atomic E-state index is -0.268. The molecule has 0 N–H and O–H groups in total. The standard InChI is InChI=1S/C13H15NO2/c1-9-3-5-10(6-4-9)13(16)11-7-8-12(15)14(11)2/h3-6,11H,7-8H2,1-2H3/t11-/m1/s1. The van der Waals surface area contributed by atoms with Crippen LogP contribution in [0.25, 0.3) is 0 Å². The summed E-state index contributed by atoms with van der Waals surface area (Å²) in [7, 11) is 1.70. The maximum Gasteiger partial charge on any atom is 0.223 e. The predicted octanol–water partition coefficient (Wildman–Crippen LogP) is 1.80. The number of rotatable bonds is 2. The van der Waals surface area contributed by atoms with Crippen LogP contribution in [0, 0.1) is 6.92 Å². The van der Waals surface area contributed by atoms with Gasteiger partial charge < -0.3 is 4.90 Å². The van der Waals surface area contributed by atoms with Gasteiger partial charge in [-0.15, -0.1) is 0 Å². The number of likely N-dealkylation sites (N-methyl/N-ethyl adjacent to an activating group) is 1. The Morgan fingerprint density at radius 1 is 1.31 bits per heavy atom. The van der Waals surface area contributed by atoms with Crippen LogP contribution in [0.5, 0.6) is 0 Å². The molecule has 3 nitrogen and oxygen atoms in total. The number of amides is 1. The number of carbonyl (C=O) groups excluding carboxylic acids is 2. The van der Waals surface area contributed by atoms with E-state index in [4.69, 9.17) is 0 Å². The molecule has 0 radical (unpaired) electrons. The number of nitrogens with zero attached hydrogens (tertiary/aromatic N) is 1. The predicted molar refractivity (Wildman–Crippen MR) is 61.3 cm³/mol. The molecule has 0 aliphatic carbocycles. The van der Waals surface area contributed by atoms with Gasteiger partial charge in [-0.3, -0.25) is 9.59 Å². The molecular formula is C13H15NO2. The van der Waals surface area contributed by atoms with Gasteiger partial charge in [-0.05, 0) is 13.3 Å². The maximum atomic E-state index is 12.1. The number of benzene rings is 1. The summed E-state index contributed by atoms with van der Waals surface area (Å²) in [6.07, 6.45) is 1.13. The Kier molecular flexibility index (Phi) is 2.77. The van der Waals surface area contributed by atoms with Gasteiger partial charge in [0, 0.05) is 19.0 Å². The maximum absolute atomic E-state index is 12.1. The largest absolute Gasteiger partial charge is 0.335 e. The second kappa shape index (κ2) is 4.08. The number of ketones is 1. The van der Waals surface area contributed by atoms with Gasteiger partial charge in [0.05, 0.1) is 6.04 Å². The van der Waals surface area contributed by atoms with Gasteiger partial charge in [-0.2, -0.15) is 0 Å². The molecule has 3 heteroatoms. The van der Waals surface area contributed by atoms with Gasteiger partial charge in [-0.1, -0.05) is 29.8 Å². The molecule has 0 unspecified atom stereocenters. The minimum Gasteiger partial charge on any atom is -0.335 e. The van der Waals surface area contributed by atoms with Gasteiger partial charge in [0.2, 0.25) is 5.91 Å². The molecular weight excluding hydrogens is 202 g/mol. The molecule has 1 aromatic rings. The number of hydrogen-bond acceptors (Lipinski definition) is 2. The third-order valence-electron chi connectivity index (χ3n) is 3.13. The molecule has 2 rings (SSSR count). The molecule has 84 valence electrons. The molecule has 1 saturated heterocycles. The van der Waals surface area contributed by atoms with Crippen molar-refractivity contribution in [3.8, 4) is 0 Å². The van der Waals surface area contributed by atoms with E-state index < -0.39 is 0 Å². The molecule has 16 heavy (non-hydrogen) atoms. The number of hydrogen-bond donors (Lipinski definition) is 0. The van der Waals surface area contributed by atoms with Crippen LogP contribution in [0.15, 0.2) is 24.3 Å². The minimum absolute atomic E-state index is 0.0494. The molecule has 0 saturated carbocycles. The van der Waals surface area contributed by atoms with E-state index in [9.17, 15) is 9.59 Å². The molecule has 1 aliphatic rings. The van der Waals surface area contributed by atoms with Crippen LogP contribution < -0.4 is 0 Å². The Morgan fingerprint density at radius 2 is 1.94 bits per heavy atom. The van der Waals surface area contributed by atoms with Crippen LogP contribution in [0.4, 0.5) is 0 Å². The third-order valence-corrected chi connectivity index (χ3v) is 3.13. The van der Waals surface area contributed by atoms with Gasteiger partial charge in [0.15, 0.2) is 5.78 Å². The SMILES string of the molecule is Cc1ccc(C(=O)[C@H]2CCC(=O)N2C)cc1. The van der Waals surface area contributed by atoms with E-state index >= 15 is 0 Å². The summed E-state index contributed by atoms with van der Waals surface area (Å²) < 4.78 is 0. The fraction of sp³-hybridized carbons (Fsp3) is 0.385. The first-order valence-electron chi connectivity index (χ1n) is 5.46. The monoisotopic (exact) mass is 217 g/mol. The van der Waals surface area contributed by atoms with Crippen LogP contribution >= 0.6 is 0 Å². The molecule has 0 bridgehead atoms. The summed E-state index contributed by atoms with van der Waals surface area (Å²) in [6.45, 7) is 1.99. The fourth-order valence-corrected chi connectivity index (χ4v) is 2.02. The number of likely N-dealkylation sites (tertiary alicyclic amines) is 1. The summed E-state index contributed by atoms with van der Waals surface area (Å²) in [5, 5.41) is 0. The van der Waals surface area contributed by atoms with Crippen molar-refractivity contribution in [1.29, 1.82) is 0 Å². The van der Waals surface area contributed by atoms with E-state index in [1.807, 2.05) is 31.2 Å². The van der Waals surface area contributed by atoms with E-state index in [1.54, 1.807) is 11.9 Å². The molecule has 1 heterocycles. The van der Waals surface area contributed by atoms with Crippen molar-refractivity contribution in [3.63, 3.8) is 0 Å². The smallest absolute Gasteiger partial charge is 0.223 e. The Hall–Kier alpha value is -1.64. The van der Waals surface area contributed by atoms with Crippen molar-refractivity contribution >= 4 is 11.7 Å². The van der Waals surface area contributed by atoms with Crippen LogP contribution in [0.1, 0.15) is 28.8 Å². The second-order valence-electron chi connectivity index (χ2n) is 4.29. The van der Waals surface area contributed by atoms with Crippen molar-refractivity contribution in [2.75, 3.05) is 7.05 Å². The molecule has 1 atom stereocenters. The van der Waals surface area contributed by atoms with Crippen LogP contribution in [0.2, 0.25) is 0 Å². The zero-order chi connectivity index (χ0) is 11.7. The molecule has 1 aliphatic heterocycles. The molecule has 1 aromatic carbocycles. The Balaban J connectivity index is 2.19. The lowest BCUT2D eigenvalue weighted by molar-refractivity contribution is -0.127. The summed E-state index contributed by atoms with van der Waals surface area (Å²) >= 11 is 0. The van der Waals surface area contributed by atoms with E-state index in [2.05, 4.69) is 0 Å². The molecule has 1 fully saturated rings. The first-order valence-corrected chi connectivity index (χ1v) is 5.46. The van der Waals surface area contributed by atoms with E-state index in [0.29, 0.717) is 18.4 Å². The van der Waals surface area contributed by atoms with E-state index in [1.165, 1.54) is 0 Å². The highest BCUT2D eigenvalue weighted by Gasteiger charge is 2.33. The molecule has 0 aromatic heterocycles. The summed E-state index contributed by atoms with van der Waals surface area (Å²) in [4.78, 5) is 25.0. The van der Waals surface area contributed by atoms with Crippen molar-refractivity contribution in [2.24, 2.45) is 0 Å². The van der Waals surface area contributed by atoms with Gasteiger partial charge in [-0.25, -0.2) is 0 Å². The van der Waals surface area contributed by atoms with Crippen molar-refractivity contribution in [3.05, 3.63) is 35.4 Å². The Labute approximate surface area is 95.1 Å². The molecule has 1 amide bonds. The van der Waals surface area contributed by atoms with Crippen molar-refractivity contribution in [2.45, 2.75) is 25.8 Å². The van der Waals surface area contributed by atoms with Gasteiger partial charge in [0.1, 0.15) is 0 Å². The van der Waals surface area contributed by atoms with Crippen molar-refractivity contribution in [1.82, 2.24) is 4.90 Å². The Bertz CT molecular complexity index is 422. The summed E-state index contributed by atoms with van der Waals surface area (Å²) in [5.74, 6) is 0.110. The third kappa shape index (κ3) is 1.85. The highest BCUT2D eigenvalue weighted by atomic mass is 16.2. The lowest BCUT2D eigenvalue weighted by atomic mass is 10.0. The molecule has 0 spiro atoms. The quantitative estimate of drug-likeness (QED) is 0.708. The normalized spacial score (nSPS) is 20.2. The van der Waals surface area contributed by atoms with Crippen molar-refractivity contribution < 1.29 is 9.59 Å². The fourth-order valence-electron chi connectivity index (χ4n) is 2.02. The van der Waals surface area contributed by atoms with Crippen LogP contribution in [-0.2, 0) is 4.79 Å². The summed E-state index contributed by atoms with van der Waals surface area (Å²) in [5.41, 5.74) is 1.82. The highest BCUT2D eigenvalue weighted by Crippen LogP contribution is 2.20. The van der Waals surface area contributed by atoms with Crippen LogP contribution in [-0.4, -0.2) is 29.7 Å². The first kappa shape index (κ1) is 10.9.